The van der Waals surface area contributed by atoms with Crippen LogP contribution in [0.25, 0.3) is 10.9 Å². The highest BCUT2D eigenvalue weighted by atomic mass is 16.5. The number of fused-ring (bicyclic) bond motifs is 1. The van der Waals surface area contributed by atoms with Gasteiger partial charge >= 0.3 is 0 Å². The van der Waals surface area contributed by atoms with Crippen molar-refractivity contribution in [3.63, 3.8) is 0 Å². The zero-order valence-electron chi connectivity index (χ0n) is 15.8. The first-order chi connectivity index (χ1) is 13.2. The topological polar surface area (TPSA) is 137 Å². The van der Waals surface area contributed by atoms with E-state index in [2.05, 4.69) is 15.5 Å². The Kier molecular flexibility index (Phi) is 5.06. The van der Waals surface area contributed by atoms with E-state index in [1.54, 1.807) is 29.9 Å². The number of rotatable bonds is 7. The minimum Gasteiger partial charge on any atom is -0.487 e. The van der Waals surface area contributed by atoms with E-state index in [1.165, 1.54) is 11.6 Å². The molecule has 1 aromatic carbocycles. The standard InChI is InChI=1S/C18H22N6O4/c1-18(10-25,17(19)27)20-16(26)15-13-8-12(4-5-14(13)22-24(15)3)28-9-11-6-7-23(2)21-11/h4-8,25H,9-10H2,1-3H3,(H2,19,27)(H,20,26). The van der Waals surface area contributed by atoms with E-state index < -0.39 is 24.0 Å². The average molecular weight is 386 g/mol. The molecule has 0 saturated heterocycles. The summed E-state index contributed by atoms with van der Waals surface area (Å²) in [5, 5.41) is 21.0. The van der Waals surface area contributed by atoms with Gasteiger partial charge in [-0.3, -0.25) is 19.0 Å². The number of hydrogen-bond donors (Lipinski definition) is 3. The lowest BCUT2D eigenvalue weighted by molar-refractivity contribution is -0.124. The zero-order chi connectivity index (χ0) is 20.5. The number of benzene rings is 1. The Morgan fingerprint density at radius 1 is 1.29 bits per heavy atom. The molecule has 0 fully saturated rings. The first-order valence-electron chi connectivity index (χ1n) is 8.55. The molecule has 0 saturated carbocycles. The summed E-state index contributed by atoms with van der Waals surface area (Å²) in [6, 6.07) is 7.03. The Labute approximate surface area is 160 Å². The Morgan fingerprint density at radius 3 is 2.64 bits per heavy atom. The van der Waals surface area contributed by atoms with Gasteiger partial charge < -0.3 is 20.9 Å². The summed E-state index contributed by atoms with van der Waals surface area (Å²) in [6.45, 7) is 1.01. The minimum absolute atomic E-state index is 0.221. The van der Waals surface area contributed by atoms with Gasteiger partial charge in [-0.15, -0.1) is 0 Å². The molecule has 148 valence electrons. The second kappa shape index (κ2) is 7.31. The van der Waals surface area contributed by atoms with E-state index in [0.29, 0.717) is 16.7 Å². The fraction of sp³-hybridized carbons (Fsp3) is 0.333. The van der Waals surface area contributed by atoms with E-state index in [9.17, 15) is 14.7 Å². The summed E-state index contributed by atoms with van der Waals surface area (Å²) in [4.78, 5) is 24.3. The van der Waals surface area contributed by atoms with E-state index in [4.69, 9.17) is 10.5 Å². The van der Waals surface area contributed by atoms with Gasteiger partial charge in [0.25, 0.3) is 5.91 Å². The molecule has 0 aliphatic carbocycles. The third-order valence-electron chi connectivity index (χ3n) is 4.42. The highest BCUT2D eigenvalue weighted by Crippen LogP contribution is 2.24. The quantitative estimate of drug-likeness (QED) is 0.516. The van der Waals surface area contributed by atoms with Crippen molar-refractivity contribution in [1.82, 2.24) is 24.9 Å². The molecular formula is C18H22N6O4. The van der Waals surface area contributed by atoms with Crippen LogP contribution in [0.5, 0.6) is 5.75 Å². The molecule has 0 radical (unpaired) electrons. The molecule has 2 heterocycles. The fourth-order valence-electron chi connectivity index (χ4n) is 2.72. The number of carbonyl (C=O) groups excluding carboxylic acids is 2. The summed E-state index contributed by atoms with van der Waals surface area (Å²) in [7, 11) is 3.44. The van der Waals surface area contributed by atoms with Gasteiger partial charge in [-0.05, 0) is 31.2 Å². The van der Waals surface area contributed by atoms with Crippen LogP contribution in [0, 0.1) is 0 Å². The highest BCUT2D eigenvalue weighted by molar-refractivity contribution is 6.07. The largest absolute Gasteiger partial charge is 0.487 e. The predicted molar refractivity (Wildman–Crippen MR) is 100 cm³/mol. The van der Waals surface area contributed by atoms with Gasteiger partial charge in [-0.2, -0.15) is 10.2 Å². The maximum absolute atomic E-state index is 12.8. The van der Waals surface area contributed by atoms with Crippen LogP contribution >= 0.6 is 0 Å². The molecule has 2 aromatic heterocycles. The van der Waals surface area contributed by atoms with Crippen molar-refractivity contribution in [2.75, 3.05) is 6.61 Å². The Balaban J connectivity index is 1.88. The van der Waals surface area contributed by atoms with Gasteiger partial charge in [0.1, 0.15) is 23.6 Å². The molecule has 4 N–H and O–H groups in total. The number of aliphatic hydroxyl groups excluding tert-OH is 1. The van der Waals surface area contributed by atoms with Crippen molar-refractivity contribution in [2.24, 2.45) is 19.8 Å². The predicted octanol–water partition coefficient (Wildman–Crippen LogP) is -0.148. The van der Waals surface area contributed by atoms with Crippen LogP contribution in [0.3, 0.4) is 0 Å². The number of hydrogen-bond acceptors (Lipinski definition) is 6. The van der Waals surface area contributed by atoms with Crippen LogP contribution in [0.2, 0.25) is 0 Å². The lowest BCUT2D eigenvalue weighted by atomic mass is 10.0. The van der Waals surface area contributed by atoms with Crippen molar-refractivity contribution in [3.05, 3.63) is 41.9 Å². The molecule has 0 aliphatic heterocycles. The summed E-state index contributed by atoms with van der Waals surface area (Å²) >= 11 is 0. The van der Waals surface area contributed by atoms with Crippen molar-refractivity contribution >= 4 is 22.7 Å². The van der Waals surface area contributed by atoms with Crippen LogP contribution in [-0.2, 0) is 25.5 Å². The number of nitrogens with zero attached hydrogens (tertiary/aromatic N) is 4. The SMILES string of the molecule is Cn1ccc(COc2ccc3nn(C)c(C(=O)NC(C)(CO)C(N)=O)c3c2)n1. The number of aryl methyl sites for hydroxylation is 2. The van der Waals surface area contributed by atoms with E-state index in [-0.39, 0.29) is 12.3 Å². The normalized spacial score (nSPS) is 13.3. The van der Waals surface area contributed by atoms with E-state index in [1.807, 2.05) is 19.3 Å². The van der Waals surface area contributed by atoms with Gasteiger partial charge in [-0.25, -0.2) is 0 Å². The van der Waals surface area contributed by atoms with Gasteiger partial charge in [0, 0.05) is 25.7 Å². The van der Waals surface area contributed by atoms with Gasteiger partial charge in [0.15, 0.2) is 0 Å². The molecule has 28 heavy (non-hydrogen) atoms. The van der Waals surface area contributed by atoms with Crippen molar-refractivity contribution in [2.45, 2.75) is 19.1 Å². The van der Waals surface area contributed by atoms with E-state index >= 15 is 0 Å². The average Bonchev–Trinajstić information content (AvgIpc) is 3.21. The smallest absolute Gasteiger partial charge is 0.271 e. The van der Waals surface area contributed by atoms with Crippen LogP contribution in [0.15, 0.2) is 30.5 Å². The summed E-state index contributed by atoms with van der Waals surface area (Å²) in [6.07, 6.45) is 1.82. The number of carbonyl (C=O) groups is 2. The van der Waals surface area contributed by atoms with Crippen molar-refractivity contribution in [3.8, 4) is 5.75 Å². The zero-order valence-corrected chi connectivity index (χ0v) is 15.8. The molecule has 3 aromatic rings. The second-order valence-corrected chi connectivity index (χ2v) is 6.73. The molecule has 1 atom stereocenters. The maximum Gasteiger partial charge on any atom is 0.271 e. The number of amides is 2. The molecule has 1 unspecified atom stereocenters. The third-order valence-corrected chi connectivity index (χ3v) is 4.42. The van der Waals surface area contributed by atoms with Crippen LogP contribution < -0.4 is 15.8 Å². The third kappa shape index (κ3) is 3.67. The molecule has 10 heteroatoms. The lowest BCUT2D eigenvalue weighted by Gasteiger charge is -2.24. The van der Waals surface area contributed by atoms with E-state index in [0.717, 1.165) is 5.69 Å². The number of ether oxygens (including phenoxy) is 1. The molecular weight excluding hydrogens is 364 g/mol. The lowest BCUT2D eigenvalue weighted by Crippen LogP contribution is -2.58. The first kappa shape index (κ1) is 19.4. The van der Waals surface area contributed by atoms with Crippen LogP contribution in [-0.4, -0.2) is 48.6 Å². The summed E-state index contributed by atoms with van der Waals surface area (Å²) in [5.74, 6) is -0.878. The number of primary amides is 1. The monoisotopic (exact) mass is 386 g/mol. The van der Waals surface area contributed by atoms with Crippen LogP contribution in [0.4, 0.5) is 0 Å². The number of nitrogens with one attached hydrogen (secondary N) is 1. The summed E-state index contributed by atoms with van der Waals surface area (Å²) in [5.41, 5.74) is 5.29. The molecule has 0 bridgehead atoms. The van der Waals surface area contributed by atoms with Crippen molar-refractivity contribution in [1.29, 1.82) is 0 Å². The number of aliphatic hydroxyl groups is 1. The Bertz CT molecular complexity index is 1040. The Morgan fingerprint density at radius 2 is 2.04 bits per heavy atom. The first-order valence-corrected chi connectivity index (χ1v) is 8.55. The van der Waals surface area contributed by atoms with Crippen LogP contribution in [0.1, 0.15) is 23.1 Å². The molecule has 0 aliphatic rings. The number of aromatic nitrogens is 4. The van der Waals surface area contributed by atoms with Crippen molar-refractivity contribution < 1.29 is 19.4 Å². The fourth-order valence-corrected chi connectivity index (χ4v) is 2.72. The molecule has 0 spiro atoms. The minimum atomic E-state index is -1.58. The Hall–Kier alpha value is -3.40. The van der Waals surface area contributed by atoms with Gasteiger partial charge in [0.05, 0.1) is 17.8 Å². The molecule has 2 amide bonds. The van der Waals surface area contributed by atoms with Gasteiger partial charge in [0.2, 0.25) is 5.91 Å². The van der Waals surface area contributed by atoms with Gasteiger partial charge in [-0.1, -0.05) is 0 Å². The molecule has 10 nitrogen and oxygen atoms in total. The second-order valence-electron chi connectivity index (χ2n) is 6.73. The highest BCUT2D eigenvalue weighted by Gasteiger charge is 2.33. The maximum atomic E-state index is 12.8. The number of nitrogens with two attached hydrogens (primary N) is 1. The summed E-state index contributed by atoms with van der Waals surface area (Å²) < 4.78 is 8.85. The molecule has 3 rings (SSSR count).